The number of aromatic amines is 1. The van der Waals surface area contributed by atoms with Crippen LogP contribution in [0.2, 0.25) is 5.02 Å². The van der Waals surface area contributed by atoms with Gasteiger partial charge in [-0.2, -0.15) is 0 Å². The monoisotopic (exact) mass is 310 g/mol. The number of hydrogen-bond donors (Lipinski definition) is 1. The maximum Gasteiger partial charge on any atom is 0.141 e. The first-order valence-corrected chi connectivity index (χ1v) is 7.62. The van der Waals surface area contributed by atoms with Crippen molar-refractivity contribution >= 4 is 33.5 Å². The molecule has 0 aliphatic carbocycles. The standard InChI is InChI=1S/C17H15ClN4/c1-10(2)22-8-14(18)11-4-3-5-12(16(11)22)15-13-6-7-19-17(13)21-9-20-15/h3-10H,1-2H3,(H,19,20,21). The van der Waals surface area contributed by atoms with E-state index < -0.39 is 0 Å². The summed E-state index contributed by atoms with van der Waals surface area (Å²) in [5, 5.41) is 2.84. The smallest absolute Gasteiger partial charge is 0.141 e. The SMILES string of the molecule is CC(C)n1cc(Cl)c2cccc(-c3ncnc4[nH]ccc34)c21. The van der Waals surface area contributed by atoms with E-state index in [-0.39, 0.29) is 0 Å². The fourth-order valence-corrected chi connectivity index (χ4v) is 3.21. The summed E-state index contributed by atoms with van der Waals surface area (Å²) in [5.74, 6) is 0. The third-order valence-corrected chi connectivity index (χ3v) is 4.27. The van der Waals surface area contributed by atoms with Gasteiger partial charge in [0.15, 0.2) is 0 Å². The van der Waals surface area contributed by atoms with Gasteiger partial charge in [0.1, 0.15) is 12.0 Å². The van der Waals surface area contributed by atoms with Crippen LogP contribution in [0.15, 0.2) is 43.0 Å². The van der Waals surface area contributed by atoms with Gasteiger partial charge in [0.05, 0.1) is 16.2 Å². The summed E-state index contributed by atoms with van der Waals surface area (Å²) in [4.78, 5) is 11.9. The molecule has 0 unspecified atom stereocenters. The Morgan fingerprint density at radius 2 is 2.00 bits per heavy atom. The quantitative estimate of drug-likeness (QED) is 0.577. The van der Waals surface area contributed by atoms with Crippen LogP contribution in [0.5, 0.6) is 0 Å². The van der Waals surface area contributed by atoms with Gasteiger partial charge in [0, 0.05) is 34.8 Å². The van der Waals surface area contributed by atoms with Crippen molar-refractivity contribution in [3.8, 4) is 11.3 Å². The zero-order chi connectivity index (χ0) is 15.3. The second-order valence-corrected chi connectivity index (χ2v) is 6.05. The molecule has 4 aromatic rings. The topological polar surface area (TPSA) is 46.5 Å². The molecule has 0 radical (unpaired) electrons. The minimum absolute atomic E-state index is 0.319. The number of nitrogens with one attached hydrogen (secondary N) is 1. The predicted octanol–water partition coefficient (Wildman–Crippen LogP) is 4.81. The van der Waals surface area contributed by atoms with Gasteiger partial charge in [-0.05, 0) is 19.9 Å². The lowest BCUT2D eigenvalue weighted by Crippen LogP contribution is -2.00. The number of nitrogens with zero attached hydrogens (tertiary/aromatic N) is 3. The van der Waals surface area contributed by atoms with Gasteiger partial charge in [-0.25, -0.2) is 9.97 Å². The first kappa shape index (κ1) is 13.3. The second-order valence-electron chi connectivity index (χ2n) is 5.64. The Bertz CT molecular complexity index is 981. The molecular weight excluding hydrogens is 296 g/mol. The normalized spacial score (nSPS) is 11.8. The lowest BCUT2D eigenvalue weighted by Gasteiger charge is -2.13. The van der Waals surface area contributed by atoms with Gasteiger partial charge in [-0.3, -0.25) is 0 Å². The van der Waals surface area contributed by atoms with Crippen LogP contribution >= 0.6 is 11.6 Å². The molecule has 5 heteroatoms. The van der Waals surface area contributed by atoms with Crippen LogP contribution in [0.1, 0.15) is 19.9 Å². The first-order valence-electron chi connectivity index (χ1n) is 7.24. The van der Waals surface area contributed by atoms with Crippen LogP contribution in [-0.2, 0) is 0 Å². The Hall–Kier alpha value is -2.33. The molecule has 1 N–H and O–H groups in total. The minimum Gasteiger partial charge on any atom is -0.346 e. The third-order valence-electron chi connectivity index (χ3n) is 3.97. The Kier molecular flexibility index (Phi) is 2.94. The number of benzene rings is 1. The summed E-state index contributed by atoms with van der Waals surface area (Å²) in [6.45, 7) is 4.30. The number of halogens is 1. The number of para-hydroxylation sites is 1. The van der Waals surface area contributed by atoms with Crippen molar-refractivity contribution in [2.24, 2.45) is 0 Å². The van der Waals surface area contributed by atoms with Gasteiger partial charge in [-0.15, -0.1) is 0 Å². The van der Waals surface area contributed by atoms with Crippen LogP contribution in [0.3, 0.4) is 0 Å². The number of aromatic nitrogens is 4. The molecule has 0 spiro atoms. The molecule has 3 heterocycles. The minimum atomic E-state index is 0.319. The van der Waals surface area contributed by atoms with E-state index in [2.05, 4.69) is 45.5 Å². The van der Waals surface area contributed by atoms with Crippen molar-refractivity contribution in [1.29, 1.82) is 0 Å². The van der Waals surface area contributed by atoms with Crippen LogP contribution in [0, 0.1) is 0 Å². The number of hydrogen-bond acceptors (Lipinski definition) is 2. The molecule has 0 bridgehead atoms. The summed E-state index contributed by atoms with van der Waals surface area (Å²) < 4.78 is 2.20. The number of H-pyrrole nitrogens is 1. The maximum absolute atomic E-state index is 6.42. The van der Waals surface area contributed by atoms with E-state index in [0.717, 1.165) is 38.2 Å². The maximum atomic E-state index is 6.42. The molecule has 3 aromatic heterocycles. The second kappa shape index (κ2) is 4.85. The lowest BCUT2D eigenvalue weighted by atomic mass is 10.1. The van der Waals surface area contributed by atoms with E-state index in [9.17, 15) is 0 Å². The zero-order valence-corrected chi connectivity index (χ0v) is 13.1. The highest BCUT2D eigenvalue weighted by atomic mass is 35.5. The van der Waals surface area contributed by atoms with Crippen molar-refractivity contribution in [2.45, 2.75) is 19.9 Å². The Morgan fingerprint density at radius 1 is 1.14 bits per heavy atom. The fourth-order valence-electron chi connectivity index (χ4n) is 2.96. The van der Waals surface area contributed by atoms with Crippen molar-refractivity contribution < 1.29 is 0 Å². The highest BCUT2D eigenvalue weighted by molar-refractivity contribution is 6.36. The van der Waals surface area contributed by atoms with E-state index in [1.807, 2.05) is 24.5 Å². The van der Waals surface area contributed by atoms with E-state index in [0.29, 0.717) is 6.04 Å². The predicted molar refractivity (Wildman–Crippen MR) is 90.2 cm³/mol. The number of rotatable bonds is 2. The molecule has 0 aliphatic heterocycles. The van der Waals surface area contributed by atoms with Crippen LogP contribution in [0.25, 0.3) is 33.2 Å². The molecule has 0 saturated heterocycles. The lowest BCUT2D eigenvalue weighted by molar-refractivity contribution is 0.623. The molecule has 4 rings (SSSR count). The molecule has 0 fully saturated rings. The number of fused-ring (bicyclic) bond motifs is 2. The largest absolute Gasteiger partial charge is 0.346 e. The summed E-state index contributed by atoms with van der Waals surface area (Å²) >= 11 is 6.42. The Labute approximate surface area is 132 Å². The average Bonchev–Trinajstić information content (AvgIpc) is 3.11. The average molecular weight is 311 g/mol. The van der Waals surface area contributed by atoms with E-state index >= 15 is 0 Å². The third kappa shape index (κ3) is 1.84. The Morgan fingerprint density at radius 3 is 2.82 bits per heavy atom. The highest BCUT2D eigenvalue weighted by Crippen LogP contribution is 2.36. The van der Waals surface area contributed by atoms with Gasteiger partial charge >= 0.3 is 0 Å². The molecule has 0 saturated carbocycles. The van der Waals surface area contributed by atoms with Crippen molar-refractivity contribution in [1.82, 2.24) is 19.5 Å². The van der Waals surface area contributed by atoms with E-state index in [1.54, 1.807) is 6.33 Å². The van der Waals surface area contributed by atoms with E-state index in [4.69, 9.17) is 11.6 Å². The van der Waals surface area contributed by atoms with E-state index in [1.165, 1.54) is 0 Å². The van der Waals surface area contributed by atoms with Crippen LogP contribution in [0.4, 0.5) is 0 Å². The molecule has 22 heavy (non-hydrogen) atoms. The molecule has 0 amide bonds. The molecular formula is C17H15ClN4. The van der Waals surface area contributed by atoms with Crippen molar-refractivity contribution in [3.63, 3.8) is 0 Å². The van der Waals surface area contributed by atoms with Gasteiger partial charge in [0.2, 0.25) is 0 Å². The fraction of sp³-hybridized carbons (Fsp3) is 0.176. The molecule has 110 valence electrons. The summed E-state index contributed by atoms with van der Waals surface area (Å²) in [5.41, 5.74) is 3.96. The van der Waals surface area contributed by atoms with Crippen LogP contribution in [-0.4, -0.2) is 19.5 Å². The van der Waals surface area contributed by atoms with Crippen LogP contribution < -0.4 is 0 Å². The molecule has 0 aliphatic rings. The summed E-state index contributed by atoms with van der Waals surface area (Å²) in [6, 6.07) is 8.49. The molecule has 0 atom stereocenters. The highest BCUT2D eigenvalue weighted by Gasteiger charge is 2.16. The molecule has 1 aromatic carbocycles. The van der Waals surface area contributed by atoms with Crippen molar-refractivity contribution in [3.05, 3.63) is 48.0 Å². The van der Waals surface area contributed by atoms with Gasteiger partial charge < -0.3 is 9.55 Å². The molecule has 4 nitrogen and oxygen atoms in total. The van der Waals surface area contributed by atoms with Gasteiger partial charge in [0.25, 0.3) is 0 Å². The van der Waals surface area contributed by atoms with Crippen molar-refractivity contribution in [2.75, 3.05) is 0 Å². The summed E-state index contributed by atoms with van der Waals surface area (Å²) in [6.07, 6.45) is 5.48. The summed E-state index contributed by atoms with van der Waals surface area (Å²) in [7, 11) is 0. The Balaban J connectivity index is 2.13. The zero-order valence-electron chi connectivity index (χ0n) is 12.3. The van der Waals surface area contributed by atoms with Gasteiger partial charge in [-0.1, -0.05) is 29.8 Å². The first-order chi connectivity index (χ1) is 10.7.